The Labute approximate surface area is 353 Å². The van der Waals surface area contributed by atoms with Gasteiger partial charge in [-0.3, -0.25) is 14.5 Å². The van der Waals surface area contributed by atoms with Crippen molar-refractivity contribution in [2.24, 2.45) is 5.41 Å². The van der Waals surface area contributed by atoms with Gasteiger partial charge >= 0.3 is 0 Å². The van der Waals surface area contributed by atoms with Crippen LogP contribution in [-0.4, -0.2) is 59.6 Å². The molecule has 2 aromatic heterocycles. The minimum Gasteiger partial charge on any atom is -0.386 e. The monoisotopic (exact) mass is 835 g/mol. The van der Waals surface area contributed by atoms with E-state index in [4.69, 9.17) is 23.2 Å². The number of likely N-dealkylation sites (tertiary alicyclic amines) is 1. The minimum absolute atomic E-state index is 0.0977. The van der Waals surface area contributed by atoms with Crippen LogP contribution in [0.5, 0.6) is 0 Å². The van der Waals surface area contributed by atoms with Crippen molar-refractivity contribution in [3.8, 4) is 0 Å². The molecule has 10 nitrogen and oxygen atoms in total. The van der Waals surface area contributed by atoms with E-state index in [1.165, 1.54) is 6.20 Å². The summed E-state index contributed by atoms with van der Waals surface area (Å²) in [6, 6.07) is 23.8. The smallest absolute Gasteiger partial charge is 0.238 e. The Morgan fingerprint density at radius 1 is 0.932 bits per heavy atom. The quantitative estimate of drug-likeness (QED) is 0.115. The maximum absolute atomic E-state index is 17.1. The second-order valence-corrected chi connectivity index (χ2v) is 18.4. The van der Waals surface area contributed by atoms with Crippen molar-refractivity contribution in [1.82, 2.24) is 30.4 Å². The number of aliphatic hydroxyl groups excluding tert-OH is 1. The first kappa shape index (κ1) is 39.8. The number of rotatable bonds is 8. The number of aromatic amines is 1. The number of nitrogens with zero attached hydrogens (tertiary/aromatic N) is 4. The maximum atomic E-state index is 17.1. The summed E-state index contributed by atoms with van der Waals surface area (Å²) in [7, 11) is 0. The number of H-pyrrole nitrogens is 1. The molecule has 2 amide bonds. The summed E-state index contributed by atoms with van der Waals surface area (Å²) in [5.74, 6) is -1.58. The number of fused-ring (bicyclic) bond motifs is 3. The number of carbonyl (C=O) groups is 2. The third-order valence-corrected chi connectivity index (χ3v) is 14.5. The normalized spacial score (nSPS) is 27.0. The van der Waals surface area contributed by atoms with Crippen molar-refractivity contribution in [1.29, 1.82) is 0 Å². The zero-order chi connectivity index (χ0) is 41.1. The lowest BCUT2D eigenvalue weighted by Crippen LogP contribution is -2.64. The van der Waals surface area contributed by atoms with Crippen LogP contribution in [0.15, 0.2) is 97.5 Å². The average Bonchev–Trinajstić information content (AvgIpc) is 3.94. The van der Waals surface area contributed by atoms with Gasteiger partial charge in [-0.2, -0.15) is 0 Å². The Hall–Kier alpha value is -4.68. The number of aromatic nitrogens is 4. The lowest BCUT2D eigenvalue weighted by Gasteiger charge is -2.56. The van der Waals surface area contributed by atoms with Gasteiger partial charge in [0.05, 0.1) is 18.2 Å². The topological polar surface area (TPSA) is 136 Å². The first-order chi connectivity index (χ1) is 28.4. The van der Waals surface area contributed by atoms with E-state index in [0.29, 0.717) is 60.4 Å². The molecule has 3 aromatic carbocycles. The van der Waals surface area contributed by atoms with Crippen molar-refractivity contribution < 1.29 is 19.1 Å². The van der Waals surface area contributed by atoms with Gasteiger partial charge in [0.25, 0.3) is 0 Å². The SMILES string of the molecule is CC1(C)CCC2(CC1)N([C@H](c1ccccc1)[C@@H](O)c1ccccc1)[C@@H](C(=O)N[C@H]1CC[C@H](c3nnc[nH]3)CC1)[C@H](c1ccnc(Cl)c1F)C21C(=O)Nc2cc(Cl)ccc21. The zero-order valence-electron chi connectivity index (χ0n) is 33.0. The summed E-state index contributed by atoms with van der Waals surface area (Å²) in [6.45, 7) is 4.45. The molecule has 3 fully saturated rings. The summed E-state index contributed by atoms with van der Waals surface area (Å²) < 4.78 is 17.1. The second kappa shape index (κ2) is 15.4. The Morgan fingerprint density at radius 3 is 2.27 bits per heavy atom. The molecule has 0 bridgehead atoms. The molecule has 1 saturated heterocycles. The van der Waals surface area contributed by atoms with Gasteiger partial charge in [-0.15, -0.1) is 10.2 Å². The van der Waals surface area contributed by atoms with E-state index in [1.54, 1.807) is 24.5 Å². The Morgan fingerprint density at radius 2 is 1.61 bits per heavy atom. The predicted molar refractivity (Wildman–Crippen MR) is 224 cm³/mol. The third-order valence-electron chi connectivity index (χ3n) is 14.0. The molecule has 0 radical (unpaired) electrons. The Bertz CT molecular complexity index is 2330. The van der Waals surface area contributed by atoms with Crippen molar-refractivity contribution in [3.63, 3.8) is 0 Å². The highest BCUT2D eigenvalue weighted by Crippen LogP contribution is 2.70. The van der Waals surface area contributed by atoms with Crippen LogP contribution >= 0.6 is 23.2 Å². The van der Waals surface area contributed by atoms with E-state index >= 15 is 14.0 Å². The number of hydrogen-bond acceptors (Lipinski definition) is 7. The van der Waals surface area contributed by atoms with Gasteiger partial charge < -0.3 is 20.7 Å². The highest BCUT2D eigenvalue weighted by atomic mass is 35.5. The minimum atomic E-state index is -1.55. The van der Waals surface area contributed by atoms with Crippen molar-refractivity contribution in [2.75, 3.05) is 5.32 Å². The molecule has 13 heteroatoms. The fourth-order valence-corrected chi connectivity index (χ4v) is 11.5. The highest BCUT2D eigenvalue weighted by molar-refractivity contribution is 6.31. The fraction of sp³-hybridized carbons (Fsp3) is 0.413. The first-order valence-electron chi connectivity index (χ1n) is 20.6. The number of anilines is 1. The molecule has 2 saturated carbocycles. The number of carbonyl (C=O) groups excluding carboxylic acids is 2. The third kappa shape index (κ3) is 6.56. The number of pyridine rings is 1. The molecular weight excluding hydrogens is 788 g/mol. The molecule has 2 aliphatic carbocycles. The largest absolute Gasteiger partial charge is 0.386 e. The van der Waals surface area contributed by atoms with Gasteiger partial charge in [-0.1, -0.05) is 104 Å². The van der Waals surface area contributed by atoms with Crippen LogP contribution < -0.4 is 10.6 Å². The molecule has 4 heterocycles. The molecule has 4 aliphatic rings. The van der Waals surface area contributed by atoms with Crippen LogP contribution in [0.4, 0.5) is 10.1 Å². The van der Waals surface area contributed by atoms with Gasteiger partial charge in [0.2, 0.25) is 11.8 Å². The van der Waals surface area contributed by atoms with E-state index in [2.05, 4.69) is 49.5 Å². The van der Waals surface area contributed by atoms with Gasteiger partial charge in [0.15, 0.2) is 11.0 Å². The van der Waals surface area contributed by atoms with Crippen molar-refractivity contribution in [2.45, 2.75) is 112 Å². The van der Waals surface area contributed by atoms with Crippen LogP contribution in [0.2, 0.25) is 10.2 Å². The molecule has 2 spiro atoms. The number of halogens is 3. The van der Waals surface area contributed by atoms with E-state index < -0.39 is 40.9 Å². The van der Waals surface area contributed by atoms with E-state index in [9.17, 15) is 5.11 Å². The highest BCUT2D eigenvalue weighted by Gasteiger charge is 2.77. The van der Waals surface area contributed by atoms with Gasteiger partial charge in [0.1, 0.15) is 17.6 Å². The van der Waals surface area contributed by atoms with Crippen LogP contribution in [-0.2, 0) is 15.0 Å². The summed E-state index contributed by atoms with van der Waals surface area (Å²) in [5, 5.41) is 27.9. The Balaban J connectivity index is 1.31. The lowest BCUT2D eigenvalue weighted by molar-refractivity contribution is -0.137. The molecule has 2 aliphatic heterocycles. The summed E-state index contributed by atoms with van der Waals surface area (Å²) >= 11 is 13.2. The standard InChI is InChI=1S/C46H48Cl2FN7O3/c1-44(2)20-22-45(23-21-44)46(33-18-15-30(47)25-34(33)54-43(46)59)35(32-19-24-50-40(48)36(32)49)38(42(58)53-31-16-13-29(14-17-31)41-51-26-52-55-41)56(45)37(27-9-5-3-6-10-27)39(57)28-11-7-4-8-12-28/h3-12,15,18-19,24-26,29,31,35,37-39,57H,13-14,16-17,20-23H2,1-2H3,(H,53,58)(H,54,59)(H,51,52,55)/t29-,31-,35-,37+,38+,39-,46?/m0/s1. The van der Waals surface area contributed by atoms with Gasteiger partial charge in [0, 0.05) is 40.3 Å². The maximum Gasteiger partial charge on any atom is 0.238 e. The van der Waals surface area contributed by atoms with Gasteiger partial charge in [-0.05, 0) is 97.2 Å². The summed E-state index contributed by atoms with van der Waals surface area (Å²) in [4.78, 5) is 40.9. The van der Waals surface area contributed by atoms with Crippen molar-refractivity contribution >= 4 is 40.7 Å². The summed E-state index contributed by atoms with van der Waals surface area (Å²) in [5.41, 5.74) is -0.107. The Kier molecular flexibility index (Phi) is 10.4. The second-order valence-electron chi connectivity index (χ2n) is 17.6. The van der Waals surface area contributed by atoms with Crippen LogP contribution in [0.1, 0.15) is 117 Å². The fourth-order valence-electron chi connectivity index (χ4n) is 11.2. The summed E-state index contributed by atoms with van der Waals surface area (Å²) in [6.07, 6.45) is 7.16. The average molecular weight is 837 g/mol. The van der Waals surface area contributed by atoms with E-state index in [0.717, 1.165) is 24.2 Å². The van der Waals surface area contributed by atoms with Crippen molar-refractivity contribution in [3.05, 3.63) is 142 Å². The van der Waals surface area contributed by atoms with Gasteiger partial charge in [-0.25, -0.2) is 9.37 Å². The zero-order valence-corrected chi connectivity index (χ0v) is 34.6. The number of amides is 2. The van der Waals surface area contributed by atoms with Crippen LogP contribution in [0.3, 0.4) is 0 Å². The molecule has 1 unspecified atom stereocenters. The number of aliphatic hydroxyl groups is 1. The number of hydrogen-bond donors (Lipinski definition) is 4. The molecule has 59 heavy (non-hydrogen) atoms. The predicted octanol–water partition coefficient (Wildman–Crippen LogP) is 8.96. The molecular formula is C46H48Cl2FN7O3. The van der Waals surface area contributed by atoms with Crippen LogP contribution in [0.25, 0.3) is 0 Å². The molecule has 5 aromatic rings. The molecule has 9 rings (SSSR count). The first-order valence-corrected chi connectivity index (χ1v) is 21.3. The molecule has 4 N–H and O–H groups in total. The number of nitrogens with one attached hydrogen (secondary N) is 3. The molecule has 5 atom stereocenters. The number of benzene rings is 3. The van der Waals surface area contributed by atoms with Crippen LogP contribution in [0, 0.1) is 11.2 Å². The lowest BCUT2D eigenvalue weighted by atomic mass is 9.53. The van der Waals surface area contributed by atoms with E-state index in [1.807, 2.05) is 66.7 Å². The molecule has 306 valence electrons. The van der Waals surface area contributed by atoms with E-state index in [-0.39, 0.29) is 39.9 Å².